The van der Waals surface area contributed by atoms with E-state index in [9.17, 15) is 4.79 Å². The van der Waals surface area contributed by atoms with Crippen LogP contribution in [0.3, 0.4) is 0 Å². The maximum absolute atomic E-state index is 12.2. The SMILES string of the molecule is CCCCCN(CCC(N)=S)C(=O)c1ccco1. The van der Waals surface area contributed by atoms with Gasteiger partial charge in [-0.15, -0.1) is 0 Å². The molecule has 5 heteroatoms. The summed E-state index contributed by atoms with van der Waals surface area (Å²) < 4.78 is 5.13. The van der Waals surface area contributed by atoms with Crippen LogP contribution in [0, 0.1) is 0 Å². The Balaban J connectivity index is 2.57. The molecule has 0 aliphatic heterocycles. The number of rotatable bonds is 8. The van der Waals surface area contributed by atoms with Crippen molar-refractivity contribution in [2.24, 2.45) is 5.73 Å². The third-order valence-electron chi connectivity index (χ3n) is 2.68. The van der Waals surface area contributed by atoms with Crippen LogP contribution in [0.1, 0.15) is 43.2 Å². The highest BCUT2D eigenvalue weighted by Crippen LogP contribution is 2.08. The molecule has 0 bridgehead atoms. The van der Waals surface area contributed by atoms with E-state index >= 15 is 0 Å². The normalized spacial score (nSPS) is 10.3. The zero-order chi connectivity index (χ0) is 13.4. The summed E-state index contributed by atoms with van der Waals surface area (Å²) in [7, 11) is 0. The highest BCUT2D eigenvalue weighted by Gasteiger charge is 2.17. The minimum Gasteiger partial charge on any atom is -0.459 e. The van der Waals surface area contributed by atoms with Gasteiger partial charge in [0, 0.05) is 19.5 Å². The van der Waals surface area contributed by atoms with E-state index in [4.69, 9.17) is 22.4 Å². The summed E-state index contributed by atoms with van der Waals surface area (Å²) in [5.41, 5.74) is 5.48. The van der Waals surface area contributed by atoms with Gasteiger partial charge in [0.2, 0.25) is 0 Å². The van der Waals surface area contributed by atoms with Crippen molar-refractivity contribution in [3.8, 4) is 0 Å². The fourth-order valence-electron chi connectivity index (χ4n) is 1.67. The Kier molecular flexibility index (Phi) is 6.43. The fraction of sp³-hybridized carbons (Fsp3) is 0.538. The Hall–Kier alpha value is -1.36. The molecule has 0 fully saturated rings. The van der Waals surface area contributed by atoms with Crippen molar-refractivity contribution in [1.82, 2.24) is 4.90 Å². The molecule has 0 aliphatic rings. The summed E-state index contributed by atoms with van der Waals surface area (Å²) in [6, 6.07) is 3.39. The van der Waals surface area contributed by atoms with Crippen LogP contribution in [0.15, 0.2) is 22.8 Å². The zero-order valence-corrected chi connectivity index (χ0v) is 11.5. The molecule has 1 aromatic heterocycles. The largest absolute Gasteiger partial charge is 0.459 e. The maximum atomic E-state index is 12.2. The second-order valence-electron chi connectivity index (χ2n) is 4.19. The summed E-state index contributed by atoms with van der Waals surface area (Å²) in [5, 5.41) is 0. The van der Waals surface area contributed by atoms with Gasteiger partial charge < -0.3 is 15.1 Å². The molecule has 0 atom stereocenters. The lowest BCUT2D eigenvalue weighted by Gasteiger charge is -2.21. The van der Waals surface area contributed by atoms with E-state index in [2.05, 4.69) is 6.92 Å². The highest BCUT2D eigenvalue weighted by atomic mass is 32.1. The van der Waals surface area contributed by atoms with Gasteiger partial charge in [0.25, 0.3) is 5.91 Å². The first kappa shape index (κ1) is 14.7. The Labute approximate surface area is 113 Å². The van der Waals surface area contributed by atoms with Crippen LogP contribution >= 0.6 is 12.2 Å². The van der Waals surface area contributed by atoms with Crippen LogP contribution in [-0.4, -0.2) is 28.9 Å². The Bertz CT molecular complexity index is 376. The van der Waals surface area contributed by atoms with Crippen molar-refractivity contribution in [3.63, 3.8) is 0 Å². The van der Waals surface area contributed by atoms with Gasteiger partial charge in [-0.1, -0.05) is 32.0 Å². The quantitative estimate of drug-likeness (QED) is 0.581. The van der Waals surface area contributed by atoms with Gasteiger partial charge in [-0.3, -0.25) is 4.79 Å². The molecule has 1 heterocycles. The Morgan fingerprint density at radius 2 is 2.22 bits per heavy atom. The van der Waals surface area contributed by atoms with E-state index in [1.807, 2.05) is 0 Å². The summed E-state index contributed by atoms with van der Waals surface area (Å²) in [6.45, 7) is 3.41. The van der Waals surface area contributed by atoms with Crippen molar-refractivity contribution in [3.05, 3.63) is 24.2 Å². The van der Waals surface area contributed by atoms with Crippen molar-refractivity contribution in [1.29, 1.82) is 0 Å². The van der Waals surface area contributed by atoms with Gasteiger partial charge in [-0.05, 0) is 18.6 Å². The minimum atomic E-state index is -0.0904. The lowest BCUT2D eigenvalue weighted by Crippen LogP contribution is -2.34. The average molecular weight is 268 g/mol. The predicted octanol–water partition coefficient (Wildman–Crippen LogP) is 2.59. The molecule has 1 aromatic rings. The Morgan fingerprint density at radius 1 is 1.44 bits per heavy atom. The molecule has 0 unspecified atom stereocenters. The summed E-state index contributed by atoms with van der Waals surface area (Å²) >= 11 is 4.85. The number of amides is 1. The first-order valence-corrected chi connectivity index (χ1v) is 6.67. The van der Waals surface area contributed by atoms with E-state index < -0.39 is 0 Å². The molecule has 0 radical (unpaired) electrons. The molecule has 0 saturated heterocycles. The predicted molar refractivity (Wildman–Crippen MR) is 75.5 cm³/mol. The van der Waals surface area contributed by atoms with Crippen molar-refractivity contribution in [2.75, 3.05) is 13.1 Å². The number of nitrogens with zero attached hydrogens (tertiary/aromatic N) is 1. The van der Waals surface area contributed by atoms with Crippen molar-refractivity contribution >= 4 is 23.1 Å². The molecule has 0 aliphatic carbocycles. The van der Waals surface area contributed by atoms with Crippen LogP contribution in [0.25, 0.3) is 0 Å². The summed E-state index contributed by atoms with van der Waals surface area (Å²) in [4.78, 5) is 14.4. The molecule has 0 saturated carbocycles. The van der Waals surface area contributed by atoms with E-state index in [1.54, 1.807) is 17.0 Å². The van der Waals surface area contributed by atoms with Gasteiger partial charge in [0.1, 0.15) is 0 Å². The molecule has 100 valence electrons. The van der Waals surface area contributed by atoms with Crippen LogP contribution in [0.4, 0.5) is 0 Å². The van der Waals surface area contributed by atoms with E-state index in [0.29, 0.717) is 23.7 Å². The van der Waals surface area contributed by atoms with Crippen molar-refractivity contribution in [2.45, 2.75) is 32.6 Å². The molecular weight excluding hydrogens is 248 g/mol. The average Bonchev–Trinajstić information content (AvgIpc) is 2.86. The monoisotopic (exact) mass is 268 g/mol. The number of nitrogens with two attached hydrogens (primary N) is 1. The number of carbonyl (C=O) groups excluding carboxylic acids is 1. The first-order chi connectivity index (χ1) is 8.65. The molecule has 0 aromatic carbocycles. The number of unbranched alkanes of at least 4 members (excludes halogenated alkanes) is 2. The lowest BCUT2D eigenvalue weighted by molar-refractivity contribution is 0.0725. The Morgan fingerprint density at radius 3 is 2.78 bits per heavy atom. The molecule has 2 N–H and O–H groups in total. The summed E-state index contributed by atoms with van der Waals surface area (Å²) in [6.07, 6.45) is 5.27. The van der Waals surface area contributed by atoms with Crippen LogP contribution in [0.2, 0.25) is 0 Å². The second kappa shape index (κ2) is 7.87. The minimum absolute atomic E-state index is 0.0904. The van der Waals surface area contributed by atoms with Crippen molar-refractivity contribution < 1.29 is 9.21 Å². The fourth-order valence-corrected chi connectivity index (χ4v) is 1.76. The number of hydrogen-bond acceptors (Lipinski definition) is 3. The number of carbonyl (C=O) groups is 1. The smallest absolute Gasteiger partial charge is 0.289 e. The zero-order valence-electron chi connectivity index (χ0n) is 10.7. The third kappa shape index (κ3) is 4.87. The molecule has 1 amide bonds. The summed E-state index contributed by atoms with van der Waals surface area (Å²) in [5.74, 6) is 0.279. The molecule has 1 rings (SSSR count). The van der Waals surface area contributed by atoms with Gasteiger partial charge in [0.15, 0.2) is 5.76 Å². The van der Waals surface area contributed by atoms with E-state index in [1.165, 1.54) is 6.26 Å². The number of furan rings is 1. The van der Waals surface area contributed by atoms with Crippen LogP contribution < -0.4 is 5.73 Å². The molecular formula is C13H20N2O2S. The number of thiocarbonyl (C=S) groups is 1. The van der Waals surface area contributed by atoms with E-state index in [0.717, 1.165) is 25.8 Å². The molecule has 4 nitrogen and oxygen atoms in total. The van der Waals surface area contributed by atoms with E-state index in [-0.39, 0.29) is 5.91 Å². The van der Waals surface area contributed by atoms with Gasteiger partial charge in [0.05, 0.1) is 11.3 Å². The van der Waals surface area contributed by atoms with Gasteiger partial charge in [-0.2, -0.15) is 0 Å². The topological polar surface area (TPSA) is 59.5 Å². The van der Waals surface area contributed by atoms with Crippen LogP contribution in [0.5, 0.6) is 0 Å². The van der Waals surface area contributed by atoms with Crippen LogP contribution in [-0.2, 0) is 0 Å². The van der Waals surface area contributed by atoms with Gasteiger partial charge >= 0.3 is 0 Å². The molecule has 0 spiro atoms. The van der Waals surface area contributed by atoms with Gasteiger partial charge in [-0.25, -0.2) is 0 Å². The first-order valence-electron chi connectivity index (χ1n) is 6.26. The number of hydrogen-bond donors (Lipinski definition) is 1. The maximum Gasteiger partial charge on any atom is 0.289 e. The standard InChI is InChI=1S/C13H20N2O2S/c1-2-3-4-8-15(9-7-12(14)18)13(16)11-6-5-10-17-11/h5-6,10H,2-4,7-9H2,1H3,(H2,14,18). The highest BCUT2D eigenvalue weighted by molar-refractivity contribution is 7.80. The second-order valence-corrected chi connectivity index (χ2v) is 4.72. The lowest BCUT2D eigenvalue weighted by atomic mass is 10.2. The molecule has 18 heavy (non-hydrogen) atoms. The third-order valence-corrected chi connectivity index (χ3v) is 2.88.